The molecule has 4 heteroatoms. The monoisotopic (exact) mass is 230 g/mol. The second-order valence-electron chi connectivity index (χ2n) is 3.53. The summed E-state index contributed by atoms with van der Waals surface area (Å²) in [6, 6.07) is 5.59. The van der Waals surface area contributed by atoms with Crippen molar-refractivity contribution in [3.05, 3.63) is 40.3 Å². The average molecular weight is 230 g/mol. The summed E-state index contributed by atoms with van der Waals surface area (Å²) in [7, 11) is 0. The first-order chi connectivity index (χ1) is 7.68. The van der Waals surface area contributed by atoms with Gasteiger partial charge in [-0.25, -0.2) is 4.79 Å². The number of carbonyl (C=O) groups is 2. The van der Waals surface area contributed by atoms with Gasteiger partial charge in [0.05, 0.1) is 5.56 Å². The van der Waals surface area contributed by atoms with Crippen LogP contribution in [0.1, 0.15) is 25.6 Å². The Labute approximate surface area is 94.6 Å². The van der Waals surface area contributed by atoms with E-state index in [1.807, 2.05) is 18.2 Å². The van der Waals surface area contributed by atoms with Gasteiger partial charge in [0.25, 0.3) is 0 Å². The molecule has 0 unspecified atom stereocenters. The smallest absolute Gasteiger partial charge is 0.346 e. The summed E-state index contributed by atoms with van der Waals surface area (Å²) in [5.74, 6) is -1.26. The topological polar surface area (TPSA) is 54.4 Å². The minimum absolute atomic E-state index is 0.136. The van der Waals surface area contributed by atoms with Crippen LogP contribution in [-0.2, 0) is 0 Å². The van der Waals surface area contributed by atoms with E-state index in [0.29, 0.717) is 5.56 Å². The number of carbonyl (C=O) groups excluding carboxylic acids is 1. The van der Waals surface area contributed by atoms with Gasteiger partial charge >= 0.3 is 5.97 Å². The van der Waals surface area contributed by atoms with Crippen molar-refractivity contribution in [1.29, 1.82) is 0 Å². The van der Waals surface area contributed by atoms with Gasteiger partial charge < -0.3 is 5.11 Å². The van der Waals surface area contributed by atoms with Crippen molar-refractivity contribution in [3.8, 4) is 0 Å². The zero-order valence-corrected chi connectivity index (χ0v) is 8.88. The molecule has 0 radical (unpaired) electrons. The molecule has 16 heavy (non-hydrogen) atoms. The second kappa shape index (κ2) is 3.02. The molecular formula is C12H6O3S. The highest BCUT2D eigenvalue weighted by atomic mass is 32.1. The Balaban J connectivity index is 2.52. The number of hydrogen-bond donors (Lipinski definition) is 1. The maximum atomic E-state index is 11.7. The number of carboxylic acid groups (broad SMARTS) is 1. The molecule has 0 amide bonds. The minimum atomic E-state index is -1.04. The number of thiophene rings is 1. The first-order valence-electron chi connectivity index (χ1n) is 4.69. The van der Waals surface area contributed by atoms with Gasteiger partial charge in [0, 0.05) is 10.1 Å². The molecule has 0 saturated heterocycles. The summed E-state index contributed by atoms with van der Waals surface area (Å²) in [5.41, 5.74) is 1.25. The summed E-state index contributed by atoms with van der Waals surface area (Å²) in [6.45, 7) is 0. The van der Waals surface area contributed by atoms with Crippen molar-refractivity contribution in [2.24, 2.45) is 0 Å². The van der Waals surface area contributed by atoms with Gasteiger partial charge in [-0.2, -0.15) is 0 Å². The van der Waals surface area contributed by atoms with Gasteiger partial charge in [-0.1, -0.05) is 18.2 Å². The third-order valence-corrected chi connectivity index (χ3v) is 3.75. The molecule has 1 N–H and O–H groups in total. The molecule has 0 spiro atoms. The first kappa shape index (κ1) is 9.30. The fourth-order valence-corrected chi connectivity index (χ4v) is 3.03. The number of benzene rings is 1. The molecule has 1 aromatic heterocycles. The normalized spacial score (nSPS) is 13.4. The van der Waals surface area contributed by atoms with Crippen LogP contribution in [0.3, 0.4) is 0 Å². The van der Waals surface area contributed by atoms with Gasteiger partial charge in [0.2, 0.25) is 0 Å². The van der Waals surface area contributed by atoms with E-state index in [0.717, 1.165) is 27.0 Å². The average Bonchev–Trinajstić information content (AvgIpc) is 2.65. The van der Waals surface area contributed by atoms with Crippen LogP contribution in [0, 0.1) is 0 Å². The molecule has 1 aliphatic rings. The molecule has 0 aliphatic heterocycles. The van der Waals surface area contributed by atoms with Crippen molar-refractivity contribution in [2.45, 2.75) is 0 Å². The second-order valence-corrected chi connectivity index (χ2v) is 4.58. The molecule has 1 aromatic carbocycles. The van der Waals surface area contributed by atoms with E-state index in [4.69, 9.17) is 5.11 Å². The Morgan fingerprint density at radius 2 is 2.06 bits per heavy atom. The van der Waals surface area contributed by atoms with Crippen LogP contribution >= 0.6 is 11.3 Å². The molecule has 1 aliphatic carbocycles. The third kappa shape index (κ3) is 1.07. The van der Waals surface area contributed by atoms with Gasteiger partial charge in [-0.15, -0.1) is 11.3 Å². The van der Waals surface area contributed by atoms with Gasteiger partial charge in [-0.05, 0) is 17.7 Å². The predicted molar refractivity (Wildman–Crippen MR) is 62.1 cm³/mol. The molecular weight excluding hydrogens is 224 g/mol. The Morgan fingerprint density at radius 3 is 2.81 bits per heavy atom. The van der Waals surface area contributed by atoms with Crippen LogP contribution in [0.2, 0.25) is 0 Å². The van der Waals surface area contributed by atoms with Crippen molar-refractivity contribution in [1.82, 2.24) is 0 Å². The molecule has 3 nitrogen and oxygen atoms in total. The summed E-state index contributed by atoms with van der Waals surface area (Å²) >= 11 is 1.15. The minimum Gasteiger partial charge on any atom is -0.477 e. The van der Waals surface area contributed by atoms with Gasteiger partial charge in [-0.3, -0.25) is 4.79 Å². The number of aromatic carboxylic acids is 1. The number of carboxylic acids is 1. The van der Waals surface area contributed by atoms with E-state index in [9.17, 15) is 9.59 Å². The van der Waals surface area contributed by atoms with Crippen LogP contribution in [-0.4, -0.2) is 16.9 Å². The number of ketones is 1. The lowest BCUT2D eigenvalue weighted by Crippen LogP contribution is -2.05. The zero-order valence-electron chi connectivity index (χ0n) is 8.06. The zero-order chi connectivity index (χ0) is 11.3. The molecule has 0 atom stereocenters. The molecule has 3 rings (SSSR count). The van der Waals surface area contributed by atoms with E-state index in [-0.39, 0.29) is 10.7 Å². The van der Waals surface area contributed by atoms with Crippen molar-refractivity contribution >= 4 is 39.3 Å². The van der Waals surface area contributed by atoms with Gasteiger partial charge in [0.1, 0.15) is 4.88 Å². The van der Waals surface area contributed by atoms with Crippen LogP contribution in [0.5, 0.6) is 0 Å². The van der Waals surface area contributed by atoms with Crippen LogP contribution < -0.4 is 0 Å². The molecule has 78 valence electrons. The maximum absolute atomic E-state index is 11.7. The van der Waals surface area contributed by atoms with Gasteiger partial charge in [0.15, 0.2) is 5.78 Å². The van der Waals surface area contributed by atoms with E-state index >= 15 is 0 Å². The SMILES string of the molecule is O=C(O)c1sc2cccc3c2c1C(=O)C=C3. The highest BCUT2D eigenvalue weighted by Crippen LogP contribution is 2.37. The lowest BCUT2D eigenvalue weighted by atomic mass is 9.96. The Kier molecular flexibility index (Phi) is 1.76. The molecule has 2 aromatic rings. The molecule has 0 fully saturated rings. The third-order valence-electron chi connectivity index (χ3n) is 2.60. The highest BCUT2D eigenvalue weighted by molar-refractivity contribution is 7.21. The molecule has 0 bridgehead atoms. The van der Waals surface area contributed by atoms with E-state index in [1.165, 1.54) is 6.08 Å². The summed E-state index contributed by atoms with van der Waals surface area (Å²) in [4.78, 5) is 22.9. The number of rotatable bonds is 1. The van der Waals surface area contributed by atoms with Crippen LogP contribution in [0.4, 0.5) is 0 Å². The predicted octanol–water partition coefficient (Wildman–Crippen LogP) is 2.81. The van der Waals surface area contributed by atoms with E-state index in [2.05, 4.69) is 0 Å². The summed E-state index contributed by atoms with van der Waals surface area (Å²) in [6.07, 6.45) is 3.16. The Morgan fingerprint density at radius 1 is 1.25 bits per heavy atom. The quantitative estimate of drug-likeness (QED) is 0.819. The van der Waals surface area contributed by atoms with Crippen molar-refractivity contribution in [3.63, 3.8) is 0 Å². The van der Waals surface area contributed by atoms with Crippen molar-refractivity contribution < 1.29 is 14.7 Å². The number of allylic oxidation sites excluding steroid dienone is 1. The maximum Gasteiger partial charge on any atom is 0.346 e. The fourth-order valence-electron chi connectivity index (χ4n) is 1.95. The first-order valence-corrected chi connectivity index (χ1v) is 5.51. The lowest BCUT2D eigenvalue weighted by molar-refractivity contribution is 0.0698. The lowest BCUT2D eigenvalue weighted by Gasteiger charge is -2.05. The Bertz CT molecular complexity index is 664. The fraction of sp³-hybridized carbons (Fsp3) is 0. The molecule has 1 heterocycles. The number of hydrogen-bond acceptors (Lipinski definition) is 3. The van der Waals surface area contributed by atoms with E-state index < -0.39 is 5.97 Å². The summed E-state index contributed by atoms with van der Waals surface area (Å²) < 4.78 is 0.850. The largest absolute Gasteiger partial charge is 0.477 e. The summed E-state index contributed by atoms with van der Waals surface area (Å²) in [5, 5.41) is 9.84. The van der Waals surface area contributed by atoms with Crippen LogP contribution in [0.25, 0.3) is 16.2 Å². The van der Waals surface area contributed by atoms with Crippen LogP contribution in [0.15, 0.2) is 24.3 Å². The Hall–Kier alpha value is -1.94. The van der Waals surface area contributed by atoms with E-state index in [1.54, 1.807) is 6.08 Å². The molecule has 0 saturated carbocycles. The highest BCUT2D eigenvalue weighted by Gasteiger charge is 2.25. The van der Waals surface area contributed by atoms with Crippen molar-refractivity contribution in [2.75, 3.05) is 0 Å². The standard InChI is InChI=1S/C12H6O3S/c13-7-5-4-6-2-1-3-8-9(6)10(7)11(16-8)12(14)15/h1-5H,(H,14,15).